The largest absolute Gasteiger partial charge is 0.333 e. The number of amides is 1. The van der Waals surface area contributed by atoms with Crippen molar-refractivity contribution in [2.45, 2.75) is 6.54 Å². The molecule has 6 aromatic rings. The molecule has 0 radical (unpaired) electrons. The number of carbonyl (C=O) groups excluding carboxylic acids is 1. The second-order valence-corrected chi connectivity index (χ2v) is 12.1. The molecule has 6 heteroatoms. The second kappa shape index (κ2) is 10.9. The average Bonchev–Trinajstić information content (AvgIpc) is 3.38. The van der Waals surface area contributed by atoms with Crippen LogP contribution in [0.15, 0.2) is 150 Å². The summed E-state index contributed by atoms with van der Waals surface area (Å²) in [5, 5.41) is 6.34. The number of para-hydroxylation sites is 2. The minimum Gasteiger partial charge on any atom is -0.333 e. The number of imidazole rings is 1. The van der Waals surface area contributed by atoms with E-state index in [2.05, 4.69) is 41.7 Å². The van der Waals surface area contributed by atoms with Crippen molar-refractivity contribution < 1.29 is 4.79 Å². The van der Waals surface area contributed by atoms with Gasteiger partial charge < -0.3 is 5.32 Å². The number of nitrogens with one attached hydrogen (secondary N) is 1. The van der Waals surface area contributed by atoms with Crippen molar-refractivity contribution in [2.75, 3.05) is 0 Å². The lowest BCUT2D eigenvalue weighted by atomic mass is 10.2. The number of hydrogen-bond donors (Lipinski definition) is 1. The van der Waals surface area contributed by atoms with Gasteiger partial charge in [-0.3, -0.25) is 0 Å². The van der Waals surface area contributed by atoms with E-state index in [0.717, 1.165) is 27.0 Å². The van der Waals surface area contributed by atoms with Crippen LogP contribution in [0.25, 0.3) is 11.0 Å². The van der Waals surface area contributed by atoms with E-state index in [1.165, 1.54) is 0 Å². The zero-order chi connectivity index (χ0) is 26.5. The summed E-state index contributed by atoms with van der Waals surface area (Å²) in [7, 11) is -2.61. The van der Waals surface area contributed by atoms with Gasteiger partial charge >= 0.3 is 6.03 Å². The summed E-state index contributed by atoms with van der Waals surface area (Å²) < 4.78 is 7.13. The van der Waals surface area contributed by atoms with Gasteiger partial charge in [0.25, 0.3) is 0 Å². The van der Waals surface area contributed by atoms with Crippen molar-refractivity contribution in [1.29, 1.82) is 0 Å². The summed E-state index contributed by atoms with van der Waals surface area (Å²) in [6, 6.07) is 48.3. The average molecular weight is 527 g/mol. The Labute approximate surface area is 227 Å². The molecular formula is C33H27N4OP. The van der Waals surface area contributed by atoms with E-state index in [-0.39, 0.29) is 6.03 Å². The second-order valence-electron chi connectivity index (χ2n) is 9.12. The number of carbonyl (C=O) groups is 1. The highest BCUT2D eigenvalue weighted by atomic mass is 31.2. The van der Waals surface area contributed by atoms with E-state index in [1.54, 1.807) is 4.57 Å². The van der Waals surface area contributed by atoms with Crippen molar-refractivity contribution >= 4 is 46.0 Å². The van der Waals surface area contributed by atoms with Crippen molar-refractivity contribution in [3.63, 3.8) is 0 Å². The van der Waals surface area contributed by atoms with Gasteiger partial charge in [0.2, 0.25) is 5.95 Å². The molecule has 0 aliphatic carbocycles. The Morgan fingerprint density at radius 2 is 1.10 bits per heavy atom. The quantitative estimate of drug-likeness (QED) is 0.249. The lowest BCUT2D eigenvalue weighted by Gasteiger charge is -2.26. The first kappa shape index (κ1) is 24.6. The molecule has 1 heterocycles. The number of aromatic nitrogens is 2. The van der Waals surface area contributed by atoms with Crippen LogP contribution in [0.4, 0.5) is 10.7 Å². The van der Waals surface area contributed by atoms with E-state index in [4.69, 9.17) is 9.73 Å². The number of hydrogen-bond acceptors (Lipinski definition) is 3. The molecule has 0 saturated heterocycles. The number of fused-ring (bicyclic) bond motifs is 1. The monoisotopic (exact) mass is 526 g/mol. The van der Waals surface area contributed by atoms with Gasteiger partial charge in [0.1, 0.15) is 0 Å². The highest BCUT2D eigenvalue weighted by molar-refractivity contribution is 7.87. The molecule has 0 aliphatic heterocycles. The molecule has 5 aromatic carbocycles. The van der Waals surface area contributed by atoms with Crippen LogP contribution >= 0.6 is 7.05 Å². The molecule has 39 heavy (non-hydrogen) atoms. The Kier molecular flexibility index (Phi) is 6.90. The van der Waals surface area contributed by atoms with Crippen LogP contribution in [-0.4, -0.2) is 15.6 Å². The van der Waals surface area contributed by atoms with Gasteiger partial charge in [0, 0.05) is 22.5 Å². The summed E-state index contributed by atoms with van der Waals surface area (Å²) in [6.07, 6.45) is 0. The Morgan fingerprint density at radius 3 is 1.64 bits per heavy atom. The maximum absolute atomic E-state index is 13.8. The fourth-order valence-corrected chi connectivity index (χ4v) is 8.27. The minimum atomic E-state index is -2.61. The maximum atomic E-state index is 13.8. The predicted molar refractivity (Wildman–Crippen MR) is 161 cm³/mol. The molecule has 0 spiro atoms. The molecule has 0 unspecified atom stereocenters. The van der Waals surface area contributed by atoms with Crippen LogP contribution in [0.2, 0.25) is 0 Å². The SMILES string of the molecule is O=C(NCc1ccccc1)n1c(N=P(c2ccccc2)(c2ccccc2)c2ccccc2)nc2ccccc21. The fourth-order valence-electron chi connectivity index (χ4n) is 4.82. The molecule has 1 aromatic heterocycles. The molecule has 0 atom stereocenters. The third-order valence-electron chi connectivity index (χ3n) is 6.66. The van der Waals surface area contributed by atoms with Crippen LogP contribution in [0.3, 0.4) is 0 Å². The first-order valence-electron chi connectivity index (χ1n) is 12.8. The summed E-state index contributed by atoms with van der Waals surface area (Å²) >= 11 is 0. The van der Waals surface area contributed by atoms with Gasteiger partial charge in [-0.05, 0) is 17.7 Å². The van der Waals surface area contributed by atoms with Gasteiger partial charge in [-0.25, -0.2) is 19.1 Å². The van der Waals surface area contributed by atoms with Crippen molar-refractivity contribution in [1.82, 2.24) is 14.9 Å². The molecule has 5 nitrogen and oxygen atoms in total. The Balaban J connectivity index is 1.62. The zero-order valence-corrected chi connectivity index (χ0v) is 22.2. The van der Waals surface area contributed by atoms with Gasteiger partial charge in [-0.1, -0.05) is 133 Å². The first-order valence-corrected chi connectivity index (χ1v) is 14.6. The normalized spacial score (nSPS) is 11.3. The Morgan fingerprint density at radius 1 is 0.641 bits per heavy atom. The topological polar surface area (TPSA) is 59.3 Å². The molecule has 1 amide bonds. The lowest BCUT2D eigenvalue weighted by Crippen LogP contribution is -2.28. The fraction of sp³-hybridized carbons (Fsp3) is 0.0303. The van der Waals surface area contributed by atoms with E-state index < -0.39 is 7.05 Å². The van der Waals surface area contributed by atoms with Crippen molar-refractivity contribution in [3.05, 3.63) is 151 Å². The smallest absolute Gasteiger partial charge is 0.329 e. The van der Waals surface area contributed by atoms with Crippen molar-refractivity contribution in [2.24, 2.45) is 4.74 Å². The molecule has 6 rings (SSSR count). The minimum absolute atomic E-state index is 0.265. The van der Waals surface area contributed by atoms with Crippen LogP contribution < -0.4 is 21.2 Å². The highest BCUT2D eigenvalue weighted by Crippen LogP contribution is 2.49. The summed E-state index contributed by atoms with van der Waals surface area (Å²) in [5.74, 6) is 0.381. The zero-order valence-electron chi connectivity index (χ0n) is 21.3. The molecule has 0 aliphatic rings. The number of rotatable bonds is 6. The van der Waals surface area contributed by atoms with E-state index >= 15 is 0 Å². The van der Waals surface area contributed by atoms with Crippen LogP contribution in [-0.2, 0) is 6.54 Å². The molecular weight excluding hydrogens is 499 g/mol. The van der Waals surface area contributed by atoms with Crippen LogP contribution in [0, 0.1) is 0 Å². The molecule has 0 fully saturated rings. The summed E-state index contributed by atoms with van der Waals surface area (Å²) in [6.45, 7) is 0.405. The summed E-state index contributed by atoms with van der Waals surface area (Å²) in [5.41, 5.74) is 2.46. The Bertz CT molecular complexity index is 1660. The van der Waals surface area contributed by atoms with E-state index in [9.17, 15) is 4.79 Å². The van der Waals surface area contributed by atoms with Crippen LogP contribution in [0.5, 0.6) is 0 Å². The van der Waals surface area contributed by atoms with E-state index in [0.29, 0.717) is 18.0 Å². The van der Waals surface area contributed by atoms with Gasteiger partial charge in [0.05, 0.1) is 18.1 Å². The third kappa shape index (κ3) is 4.81. The number of nitrogens with zero attached hydrogens (tertiary/aromatic N) is 3. The van der Waals surface area contributed by atoms with Crippen LogP contribution in [0.1, 0.15) is 5.56 Å². The molecule has 0 bridgehead atoms. The lowest BCUT2D eigenvalue weighted by molar-refractivity contribution is 0.243. The van der Waals surface area contributed by atoms with Gasteiger partial charge in [-0.2, -0.15) is 0 Å². The predicted octanol–water partition coefficient (Wildman–Crippen LogP) is 6.60. The highest BCUT2D eigenvalue weighted by Gasteiger charge is 2.29. The maximum Gasteiger partial charge on any atom is 0.329 e. The Hall–Kier alpha value is -4.73. The standard InChI is InChI=1S/C33H27N4OP/c38-33(34-25-26-15-5-1-6-16-26)37-31-24-14-13-23-30(31)35-32(37)36-39(27-17-7-2-8-18-27,28-19-9-3-10-20-28)29-21-11-4-12-22-29/h1-24H,25H2,(H,34,38). The van der Waals surface area contributed by atoms with Crippen molar-refractivity contribution in [3.8, 4) is 0 Å². The van der Waals surface area contributed by atoms with Gasteiger partial charge in [-0.15, -0.1) is 0 Å². The molecule has 1 N–H and O–H groups in total. The van der Waals surface area contributed by atoms with Gasteiger partial charge in [0.15, 0.2) is 0 Å². The third-order valence-corrected chi connectivity index (χ3v) is 10.3. The molecule has 190 valence electrons. The van der Waals surface area contributed by atoms with E-state index in [1.807, 2.05) is 109 Å². The molecule has 0 saturated carbocycles. The first-order chi connectivity index (χ1) is 19.3. The summed E-state index contributed by atoms with van der Waals surface area (Å²) in [4.78, 5) is 18.7. The number of benzene rings is 5.